The minimum atomic E-state index is 0.297. The van der Waals surface area contributed by atoms with E-state index in [0.717, 1.165) is 73.2 Å². The van der Waals surface area contributed by atoms with Crippen LogP contribution in [0.25, 0.3) is 0 Å². The summed E-state index contributed by atoms with van der Waals surface area (Å²) >= 11 is 5.84. The zero-order valence-corrected chi connectivity index (χ0v) is 21.9. The normalized spacial score (nSPS) is 36.0. The van der Waals surface area contributed by atoms with Gasteiger partial charge in [-0.15, -0.1) is 0 Å². The van der Waals surface area contributed by atoms with Gasteiger partial charge in [-0.2, -0.15) is 4.98 Å². The van der Waals surface area contributed by atoms with Crippen LogP contribution in [-0.4, -0.2) is 46.8 Å². The van der Waals surface area contributed by atoms with Crippen LogP contribution in [0.2, 0.25) is 0 Å². The first kappa shape index (κ1) is 22.8. The van der Waals surface area contributed by atoms with Crippen molar-refractivity contribution in [3.63, 3.8) is 0 Å². The van der Waals surface area contributed by atoms with E-state index in [1.165, 1.54) is 62.6 Å². The van der Waals surface area contributed by atoms with E-state index in [0.29, 0.717) is 17.6 Å². The van der Waals surface area contributed by atoms with E-state index in [9.17, 15) is 0 Å². The van der Waals surface area contributed by atoms with E-state index in [2.05, 4.69) is 34.9 Å². The summed E-state index contributed by atoms with van der Waals surface area (Å²) < 4.78 is 0. The highest BCUT2D eigenvalue weighted by Crippen LogP contribution is 2.55. The van der Waals surface area contributed by atoms with Gasteiger partial charge in [0.2, 0.25) is 5.95 Å². The van der Waals surface area contributed by atoms with Gasteiger partial charge in [0.05, 0.1) is 5.69 Å². The third kappa shape index (κ3) is 4.61. The monoisotopic (exact) mass is 482 g/mol. The molecular weight excluding hydrogens is 440 g/mol. The lowest BCUT2D eigenvalue weighted by molar-refractivity contribution is -0.0102. The first-order valence-electron chi connectivity index (χ1n) is 13.9. The highest BCUT2D eigenvalue weighted by atomic mass is 32.1. The Labute approximate surface area is 210 Å². The lowest BCUT2D eigenvalue weighted by Crippen LogP contribution is -2.62. The summed E-state index contributed by atoms with van der Waals surface area (Å²) in [6.07, 6.45) is 17.7. The van der Waals surface area contributed by atoms with Crippen LogP contribution in [0.5, 0.6) is 0 Å². The second-order valence-electron chi connectivity index (χ2n) is 12.4. The largest absolute Gasteiger partial charge is 0.362 e. The quantitative estimate of drug-likeness (QED) is 0.531. The standard InChI is InChI=1S/C27H42N6S/c1-33(2)24-22-5-3-4-6-23(22)30-25(31-24)28-20-7-9-21(10-8-20)29-26(34)32-27-14-17-11-18(15-27)13-19(12-17)16-27/h17-21H,3-16H2,1-2H3,(H,28,30,31)(H2,29,32,34). The van der Waals surface area contributed by atoms with Crippen molar-refractivity contribution in [2.24, 2.45) is 17.8 Å². The molecule has 34 heavy (non-hydrogen) atoms. The molecule has 7 heteroatoms. The summed E-state index contributed by atoms with van der Waals surface area (Å²) in [6.45, 7) is 0. The predicted molar refractivity (Wildman–Crippen MR) is 142 cm³/mol. The van der Waals surface area contributed by atoms with Crippen LogP contribution in [0.4, 0.5) is 11.8 Å². The maximum atomic E-state index is 5.84. The number of nitrogens with zero attached hydrogens (tertiary/aromatic N) is 3. The number of fused-ring (bicyclic) bond motifs is 1. The fourth-order valence-corrected chi connectivity index (χ4v) is 8.68. The average molecular weight is 483 g/mol. The van der Waals surface area contributed by atoms with Crippen molar-refractivity contribution in [2.45, 2.75) is 108 Å². The summed E-state index contributed by atoms with van der Waals surface area (Å²) in [5.41, 5.74) is 2.91. The van der Waals surface area contributed by atoms with Gasteiger partial charge in [0.1, 0.15) is 5.82 Å². The molecule has 6 nitrogen and oxygen atoms in total. The van der Waals surface area contributed by atoms with Gasteiger partial charge >= 0.3 is 0 Å². The molecule has 1 aromatic rings. The van der Waals surface area contributed by atoms with Crippen LogP contribution in [0.15, 0.2) is 0 Å². The third-order valence-corrected chi connectivity index (χ3v) is 9.62. The second-order valence-corrected chi connectivity index (χ2v) is 12.8. The minimum absolute atomic E-state index is 0.297. The summed E-state index contributed by atoms with van der Waals surface area (Å²) in [5, 5.41) is 12.1. The van der Waals surface area contributed by atoms with Crippen LogP contribution >= 0.6 is 12.2 Å². The molecule has 7 rings (SSSR count). The number of thiocarbonyl (C=S) groups is 1. The van der Waals surface area contributed by atoms with Crippen molar-refractivity contribution in [3.8, 4) is 0 Å². The van der Waals surface area contributed by atoms with Gasteiger partial charge in [-0.05, 0) is 120 Å². The van der Waals surface area contributed by atoms with Crippen molar-refractivity contribution in [1.82, 2.24) is 20.6 Å². The van der Waals surface area contributed by atoms with E-state index in [1.807, 2.05) is 0 Å². The Hall–Kier alpha value is -1.63. The Balaban J connectivity index is 1.01. The molecule has 1 heterocycles. The second kappa shape index (κ2) is 9.11. The molecule has 0 unspecified atom stereocenters. The maximum Gasteiger partial charge on any atom is 0.225 e. The Morgan fingerprint density at radius 3 is 2.15 bits per heavy atom. The van der Waals surface area contributed by atoms with Gasteiger partial charge < -0.3 is 20.9 Å². The van der Waals surface area contributed by atoms with Gasteiger partial charge in [-0.25, -0.2) is 4.98 Å². The molecule has 0 atom stereocenters. The lowest BCUT2D eigenvalue weighted by Gasteiger charge is -2.57. The zero-order valence-electron chi connectivity index (χ0n) is 21.0. The SMILES string of the molecule is CN(C)c1nc(NC2CCC(NC(=S)NC34CC5CC(CC(C5)C3)C4)CC2)nc2c1CCCC2. The molecule has 0 aromatic carbocycles. The molecule has 1 aromatic heterocycles. The smallest absolute Gasteiger partial charge is 0.225 e. The van der Waals surface area contributed by atoms with Gasteiger partial charge in [-0.1, -0.05) is 0 Å². The van der Waals surface area contributed by atoms with Gasteiger partial charge in [0.15, 0.2) is 5.11 Å². The summed E-state index contributed by atoms with van der Waals surface area (Å²) in [6, 6.07) is 0.924. The van der Waals surface area contributed by atoms with Crippen LogP contribution in [0, 0.1) is 17.8 Å². The molecule has 4 bridgehead atoms. The number of rotatable bonds is 5. The molecule has 6 aliphatic rings. The van der Waals surface area contributed by atoms with E-state index in [4.69, 9.17) is 22.2 Å². The maximum absolute atomic E-state index is 5.84. The minimum Gasteiger partial charge on any atom is -0.362 e. The molecule has 0 spiro atoms. The number of hydrogen-bond donors (Lipinski definition) is 3. The molecule has 0 amide bonds. The van der Waals surface area contributed by atoms with E-state index in [-0.39, 0.29) is 0 Å². The van der Waals surface area contributed by atoms with Crippen LogP contribution in [0.3, 0.4) is 0 Å². The van der Waals surface area contributed by atoms with Crippen molar-refractivity contribution >= 4 is 29.1 Å². The van der Waals surface area contributed by atoms with Gasteiger partial charge in [0.25, 0.3) is 0 Å². The lowest BCUT2D eigenvalue weighted by atomic mass is 9.53. The molecule has 6 aliphatic carbocycles. The van der Waals surface area contributed by atoms with Crippen molar-refractivity contribution in [1.29, 1.82) is 0 Å². The average Bonchev–Trinajstić information content (AvgIpc) is 2.78. The Kier molecular flexibility index (Phi) is 6.11. The summed E-state index contributed by atoms with van der Waals surface area (Å²) in [7, 11) is 4.19. The van der Waals surface area contributed by atoms with Crippen LogP contribution in [0.1, 0.15) is 88.3 Å². The summed E-state index contributed by atoms with van der Waals surface area (Å²) in [5.74, 6) is 4.76. The molecule has 3 N–H and O–H groups in total. The highest BCUT2D eigenvalue weighted by Gasteiger charge is 2.51. The predicted octanol–water partition coefficient (Wildman–Crippen LogP) is 4.58. The van der Waals surface area contributed by atoms with E-state index >= 15 is 0 Å². The first-order valence-corrected chi connectivity index (χ1v) is 14.3. The molecule has 0 aliphatic heterocycles. The molecule has 186 valence electrons. The molecular formula is C27H42N6S. The van der Waals surface area contributed by atoms with Crippen LogP contribution < -0.4 is 20.9 Å². The summed E-state index contributed by atoms with van der Waals surface area (Å²) in [4.78, 5) is 12.0. The van der Waals surface area contributed by atoms with Gasteiger partial charge in [0, 0.05) is 37.3 Å². The van der Waals surface area contributed by atoms with Crippen molar-refractivity contribution < 1.29 is 0 Å². The fraction of sp³-hybridized carbons (Fsp3) is 0.815. The molecule has 5 saturated carbocycles. The number of aryl methyl sites for hydroxylation is 1. The number of nitrogens with one attached hydrogen (secondary N) is 3. The van der Waals surface area contributed by atoms with Crippen molar-refractivity contribution in [2.75, 3.05) is 24.3 Å². The molecule has 5 fully saturated rings. The Morgan fingerprint density at radius 2 is 1.50 bits per heavy atom. The number of anilines is 2. The van der Waals surface area contributed by atoms with E-state index in [1.54, 1.807) is 0 Å². The molecule has 0 saturated heterocycles. The van der Waals surface area contributed by atoms with E-state index < -0.39 is 0 Å². The number of hydrogen-bond acceptors (Lipinski definition) is 5. The molecule has 0 radical (unpaired) electrons. The fourth-order valence-electron chi connectivity index (χ4n) is 8.30. The first-order chi connectivity index (χ1) is 16.4. The van der Waals surface area contributed by atoms with Crippen molar-refractivity contribution in [3.05, 3.63) is 11.3 Å². The van der Waals surface area contributed by atoms with Gasteiger partial charge in [-0.3, -0.25) is 0 Å². The topological polar surface area (TPSA) is 65.1 Å². The Bertz CT molecular complexity index is 887. The highest BCUT2D eigenvalue weighted by molar-refractivity contribution is 7.80. The number of aromatic nitrogens is 2. The zero-order chi connectivity index (χ0) is 23.3. The Morgan fingerprint density at radius 1 is 0.882 bits per heavy atom. The van der Waals surface area contributed by atoms with Crippen LogP contribution in [-0.2, 0) is 12.8 Å². The third-order valence-electron chi connectivity index (χ3n) is 9.40.